The van der Waals surface area contributed by atoms with Gasteiger partial charge in [-0.1, -0.05) is 6.07 Å². The summed E-state index contributed by atoms with van der Waals surface area (Å²) < 4.78 is 38.1. The highest BCUT2D eigenvalue weighted by molar-refractivity contribution is 5.42. The van der Waals surface area contributed by atoms with Crippen molar-refractivity contribution in [2.75, 3.05) is 0 Å². The van der Waals surface area contributed by atoms with E-state index in [1.54, 1.807) is 6.07 Å². The zero-order valence-corrected chi connectivity index (χ0v) is 9.06. The second kappa shape index (κ2) is 3.77. The van der Waals surface area contributed by atoms with Gasteiger partial charge in [0.05, 0.1) is 5.56 Å². The lowest BCUT2D eigenvalue weighted by atomic mass is 9.85. The van der Waals surface area contributed by atoms with Gasteiger partial charge in [0.2, 0.25) is 0 Å². The Bertz CT molecular complexity index is 409. The minimum absolute atomic E-state index is 0.107. The van der Waals surface area contributed by atoms with E-state index in [9.17, 15) is 13.2 Å². The van der Waals surface area contributed by atoms with Crippen LogP contribution in [-0.4, -0.2) is 0 Å². The molecule has 1 nitrogen and oxygen atoms in total. The standard InChI is InChI=1S/C12H14F3N/c1-7-5-9-8(3-2-4-11(9)16)6-10(7)12(13,14)15/h5-6,11H,2-4,16H2,1H3/t11-/m0/s1. The van der Waals surface area contributed by atoms with E-state index in [0.29, 0.717) is 6.42 Å². The van der Waals surface area contributed by atoms with E-state index < -0.39 is 11.7 Å². The molecule has 1 atom stereocenters. The van der Waals surface area contributed by atoms with Crippen molar-refractivity contribution in [2.45, 2.75) is 38.4 Å². The molecule has 0 amide bonds. The number of benzene rings is 1. The predicted octanol–water partition coefficient (Wildman–Crippen LogP) is 3.35. The fraction of sp³-hybridized carbons (Fsp3) is 0.500. The molecule has 16 heavy (non-hydrogen) atoms. The molecule has 0 saturated carbocycles. The molecule has 1 aliphatic carbocycles. The molecule has 88 valence electrons. The molecule has 2 N–H and O–H groups in total. The summed E-state index contributed by atoms with van der Waals surface area (Å²) in [5, 5.41) is 0. The molecule has 0 aromatic heterocycles. The quantitative estimate of drug-likeness (QED) is 0.725. The third-order valence-corrected chi connectivity index (χ3v) is 3.15. The lowest BCUT2D eigenvalue weighted by Crippen LogP contribution is -2.19. The predicted molar refractivity (Wildman–Crippen MR) is 56.0 cm³/mol. The Labute approximate surface area is 92.5 Å². The summed E-state index contributed by atoms with van der Waals surface area (Å²) in [7, 11) is 0. The van der Waals surface area contributed by atoms with Crippen LogP contribution in [0.15, 0.2) is 12.1 Å². The van der Waals surface area contributed by atoms with Crippen molar-refractivity contribution in [3.05, 3.63) is 34.4 Å². The largest absolute Gasteiger partial charge is 0.416 e. The lowest BCUT2D eigenvalue weighted by Gasteiger charge is -2.24. The molecule has 2 rings (SSSR count). The van der Waals surface area contributed by atoms with Gasteiger partial charge in [-0.25, -0.2) is 0 Å². The highest BCUT2D eigenvalue weighted by Gasteiger charge is 2.33. The van der Waals surface area contributed by atoms with Gasteiger partial charge in [0.25, 0.3) is 0 Å². The van der Waals surface area contributed by atoms with Gasteiger partial charge in [0.15, 0.2) is 0 Å². The average Bonchev–Trinajstić information content (AvgIpc) is 2.17. The van der Waals surface area contributed by atoms with Crippen LogP contribution in [0.3, 0.4) is 0 Å². The van der Waals surface area contributed by atoms with Crippen LogP contribution in [0.4, 0.5) is 13.2 Å². The molecule has 1 aromatic carbocycles. The van der Waals surface area contributed by atoms with Gasteiger partial charge in [-0.3, -0.25) is 0 Å². The maximum atomic E-state index is 12.7. The fourth-order valence-corrected chi connectivity index (χ4v) is 2.31. The first kappa shape index (κ1) is 11.5. The molecule has 0 spiro atoms. The molecule has 0 unspecified atom stereocenters. The Hall–Kier alpha value is -1.03. The van der Waals surface area contributed by atoms with Crippen LogP contribution in [0.2, 0.25) is 0 Å². The van der Waals surface area contributed by atoms with Crippen LogP contribution in [0.5, 0.6) is 0 Å². The SMILES string of the molecule is Cc1cc2c(cc1C(F)(F)F)CCC[C@@H]2N. The molecule has 0 fully saturated rings. The smallest absolute Gasteiger partial charge is 0.324 e. The van der Waals surface area contributed by atoms with Crippen molar-refractivity contribution in [1.29, 1.82) is 0 Å². The minimum atomic E-state index is -4.26. The number of hydrogen-bond donors (Lipinski definition) is 1. The van der Waals surface area contributed by atoms with E-state index in [1.165, 1.54) is 13.0 Å². The first-order chi connectivity index (χ1) is 7.39. The number of alkyl halides is 3. The van der Waals surface area contributed by atoms with Crippen molar-refractivity contribution in [1.82, 2.24) is 0 Å². The van der Waals surface area contributed by atoms with Gasteiger partial charge in [-0.05, 0) is 48.9 Å². The van der Waals surface area contributed by atoms with Crippen LogP contribution in [0.25, 0.3) is 0 Å². The first-order valence-electron chi connectivity index (χ1n) is 5.36. The van der Waals surface area contributed by atoms with Gasteiger partial charge in [-0.15, -0.1) is 0 Å². The van der Waals surface area contributed by atoms with Crippen LogP contribution in [-0.2, 0) is 12.6 Å². The van der Waals surface area contributed by atoms with Crippen molar-refractivity contribution >= 4 is 0 Å². The molecule has 0 aliphatic heterocycles. The Morgan fingerprint density at radius 2 is 2.00 bits per heavy atom. The molecule has 0 radical (unpaired) electrons. The van der Waals surface area contributed by atoms with Gasteiger partial charge in [-0.2, -0.15) is 13.2 Å². The summed E-state index contributed by atoms with van der Waals surface area (Å²) >= 11 is 0. The second-order valence-electron chi connectivity index (χ2n) is 4.36. The van der Waals surface area contributed by atoms with Crippen molar-refractivity contribution in [3.8, 4) is 0 Å². The molecule has 1 aromatic rings. The Morgan fingerprint density at radius 3 is 2.62 bits per heavy atom. The minimum Gasteiger partial charge on any atom is -0.324 e. The normalized spacial score (nSPS) is 20.7. The van der Waals surface area contributed by atoms with E-state index >= 15 is 0 Å². The number of rotatable bonds is 0. The van der Waals surface area contributed by atoms with Gasteiger partial charge >= 0.3 is 6.18 Å². The third kappa shape index (κ3) is 1.94. The van der Waals surface area contributed by atoms with E-state index in [1.807, 2.05) is 0 Å². The molecule has 0 saturated heterocycles. The summed E-state index contributed by atoms with van der Waals surface area (Å²) in [6.45, 7) is 1.49. The van der Waals surface area contributed by atoms with Gasteiger partial charge < -0.3 is 5.73 Å². The number of nitrogens with two attached hydrogens (primary N) is 1. The van der Waals surface area contributed by atoms with Crippen LogP contribution >= 0.6 is 0 Å². The summed E-state index contributed by atoms with van der Waals surface area (Å²) in [4.78, 5) is 0. The summed E-state index contributed by atoms with van der Waals surface area (Å²) in [6, 6.07) is 2.76. The monoisotopic (exact) mass is 229 g/mol. The molecule has 4 heteroatoms. The maximum absolute atomic E-state index is 12.7. The van der Waals surface area contributed by atoms with Crippen LogP contribution in [0.1, 0.15) is 41.1 Å². The van der Waals surface area contributed by atoms with E-state index in [2.05, 4.69) is 0 Å². The third-order valence-electron chi connectivity index (χ3n) is 3.15. The molecule has 1 aliphatic rings. The fourth-order valence-electron chi connectivity index (χ4n) is 2.31. The molecular formula is C12H14F3N. The van der Waals surface area contributed by atoms with Crippen LogP contribution in [0, 0.1) is 6.92 Å². The number of fused-ring (bicyclic) bond motifs is 1. The van der Waals surface area contributed by atoms with Gasteiger partial charge in [0.1, 0.15) is 0 Å². The lowest BCUT2D eigenvalue weighted by molar-refractivity contribution is -0.138. The first-order valence-corrected chi connectivity index (χ1v) is 5.36. The summed E-state index contributed by atoms with van der Waals surface area (Å²) in [5.41, 5.74) is 7.28. The average molecular weight is 229 g/mol. The van der Waals surface area contributed by atoms with E-state index in [4.69, 9.17) is 5.73 Å². The number of aryl methyl sites for hydroxylation is 2. The Morgan fingerprint density at radius 1 is 1.31 bits per heavy atom. The van der Waals surface area contributed by atoms with E-state index in [-0.39, 0.29) is 11.6 Å². The van der Waals surface area contributed by atoms with Gasteiger partial charge in [0, 0.05) is 6.04 Å². The molecular weight excluding hydrogens is 215 g/mol. The Balaban J connectivity index is 2.53. The zero-order valence-electron chi connectivity index (χ0n) is 9.06. The van der Waals surface area contributed by atoms with Crippen LogP contribution < -0.4 is 5.73 Å². The zero-order chi connectivity index (χ0) is 11.9. The number of hydrogen-bond acceptors (Lipinski definition) is 1. The van der Waals surface area contributed by atoms with Crippen molar-refractivity contribution in [3.63, 3.8) is 0 Å². The van der Waals surface area contributed by atoms with Crippen molar-refractivity contribution < 1.29 is 13.2 Å². The summed E-state index contributed by atoms with van der Waals surface area (Å²) in [6.07, 6.45) is -1.83. The Kier molecular flexibility index (Phi) is 2.70. The molecule has 0 heterocycles. The molecule has 0 bridgehead atoms. The second-order valence-corrected chi connectivity index (χ2v) is 4.36. The maximum Gasteiger partial charge on any atom is 0.416 e. The van der Waals surface area contributed by atoms with E-state index in [0.717, 1.165) is 24.0 Å². The highest BCUT2D eigenvalue weighted by atomic mass is 19.4. The highest BCUT2D eigenvalue weighted by Crippen LogP contribution is 2.37. The topological polar surface area (TPSA) is 26.0 Å². The summed E-state index contributed by atoms with van der Waals surface area (Å²) in [5.74, 6) is 0. The number of halogens is 3. The van der Waals surface area contributed by atoms with Crippen molar-refractivity contribution in [2.24, 2.45) is 5.73 Å².